The molecule has 0 amide bonds. The van der Waals surface area contributed by atoms with E-state index in [4.69, 9.17) is 4.74 Å². The largest absolute Gasteiger partial charge is 0.466 e. The molecule has 114 valence electrons. The molecule has 3 heterocycles. The highest BCUT2D eigenvalue weighted by atomic mass is 16.5. The summed E-state index contributed by atoms with van der Waals surface area (Å²) in [7, 11) is 0. The predicted molar refractivity (Wildman–Crippen MR) is 80.6 cm³/mol. The van der Waals surface area contributed by atoms with E-state index in [1.165, 1.54) is 18.4 Å². The first-order valence-electron chi connectivity index (χ1n) is 8.06. The molecule has 2 aliphatic rings. The van der Waals surface area contributed by atoms with Crippen molar-refractivity contribution in [2.24, 2.45) is 5.92 Å². The van der Waals surface area contributed by atoms with Gasteiger partial charge in [-0.2, -0.15) is 0 Å². The number of aromatic nitrogens is 1. The van der Waals surface area contributed by atoms with Gasteiger partial charge in [0.15, 0.2) is 0 Å². The first kappa shape index (κ1) is 14.5. The lowest BCUT2D eigenvalue weighted by Crippen LogP contribution is -2.42. The summed E-state index contributed by atoms with van der Waals surface area (Å²) in [5.41, 5.74) is 1.34. The molecule has 3 rings (SSSR count). The molecule has 0 saturated carbocycles. The number of pyridine rings is 1. The molecule has 2 fully saturated rings. The first-order chi connectivity index (χ1) is 10.3. The summed E-state index contributed by atoms with van der Waals surface area (Å²) in [4.78, 5) is 18.4. The van der Waals surface area contributed by atoms with E-state index in [1.54, 1.807) is 0 Å². The van der Waals surface area contributed by atoms with Crippen molar-refractivity contribution in [3.05, 3.63) is 30.1 Å². The van der Waals surface area contributed by atoms with Crippen molar-refractivity contribution in [1.29, 1.82) is 0 Å². The van der Waals surface area contributed by atoms with Crippen LogP contribution in [0.1, 0.15) is 44.6 Å². The fraction of sp³-hybridized carbons (Fsp3) is 0.647. The SMILES string of the molecule is CCOC(=O)CC1CC2CCC(C1)N2Cc1ccncc1. The summed E-state index contributed by atoms with van der Waals surface area (Å²) in [6, 6.07) is 5.47. The van der Waals surface area contributed by atoms with Crippen LogP contribution in [-0.2, 0) is 16.1 Å². The molecule has 0 spiro atoms. The highest BCUT2D eigenvalue weighted by Crippen LogP contribution is 2.40. The summed E-state index contributed by atoms with van der Waals surface area (Å²) in [5, 5.41) is 0. The highest BCUT2D eigenvalue weighted by molar-refractivity contribution is 5.69. The third-order valence-electron chi connectivity index (χ3n) is 4.86. The number of carbonyl (C=O) groups is 1. The molecule has 0 radical (unpaired) electrons. The lowest BCUT2D eigenvalue weighted by Gasteiger charge is -2.38. The zero-order valence-electron chi connectivity index (χ0n) is 12.7. The van der Waals surface area contributed by atoms with Crippen molar-refractivity contribution in [2.45, 2.75) is 57.7 Å². The van der Waals surface area contributed by atoms with Gasteiger partial charge in [-0.1, -0.05) is 0 Å². The van der Waals surface area contributed by atoms with Crippen molar-refractivity contribution in [3.63, 3.8) is 0 Å². The predicted octanol–water partition coefficient (Wildman–Crippen LogP) is 2.78. The van der Waals surface area contributed by atoms with Gasteiger partial charge in [-0.05, 0) is 56.2 Å². The van der Waals surface area contributed by atoms with Gasteiger partial charge in [-0.25, -0.2) is 0 Å². The van der Waals surface area contributed by atoms with Crippen molar-refractivity contribution in [2.75, 3.05) is 6.61 Å². The Kier molecular flexibility index (Phi) is 4.54. The summed E-state index contributed by atoms with van der Waals surface area (Å²) in [6.45, 7) is 3.38. The molecule has 1 aromatic heterocycles. The lowest BCUT2D eigenvalue weighted by atomic mass is 9.88. The molecule has 0 aromatic carbocycles. The Morgan fingerprint density at radius 1 is 1.29 bits per heavy atom. The number of hydrogen-bond donors (Lipinski definition) is 0. The Balaban J connectivity index is 1.58. The van der Waals surface area contributed by atoms with Crippen LogP contribution in [0.2, 0.25) is 0 Å². The van der Waals surface area contributed by atoms with E-state index in [0.717, 1.165) is 19.4 Å². The Bertz CT molecular complexity index is 463. The van der Waals surface area contributed by atoms with Gasteiger partial charge in [-0.3, -0.25) is 14.7 Å². The first-order valence-corrected chi connectivity index (χ1v) is 8.06. The maximum Gasteiger partial charge on any atom is 0.306 e. The van der Waals surface area contributed by atoms with E-state index < -0.39 is 0 Å². The average molecular weight is 288 g/mol. The topological polar surface area (TPSA) is 42.4 Å². The third-order valence-corrected chi connectivity index (χ3v) is 4.86. The molecule has 0 N–H and O–H groups in total. The van der Waals surface area contributed by atoms with Crippen molar-refractivity contribution >= 4 is 5.97 Å². The molecule has 4 heteroatoms. The smallest absolute Gasteiger partial charge is 0.306 e. The van der Waals surface area contributed by atoms with Gasteiger partial charge < -0.3 is 4.74 Å². The molecule has 4 nitrogen and oxygen atoms in total. The molecular formula is C17H24N2O2. The number of piperidine rings is 1. The van der Waals surface area contributed by atoms with Gasteiger partial charge in [-0.15, -0.1) is 0 Å². The maximum atomic E-state index is 11.7. The minimum absolute atomic E-state index is 0.0236. The van der Waals surface area contributed by atoms with E-state index in [1.807, 2.05) is 19.3 Å². The zero-order valence-corrected chi connectivity index (χ0v) is 12.7. The second-order valence-electron chi connectivity index (χ2n) is 6.26. The number of rotatable bonds is 5. The number of nitrogens with zero attached hydrogens (tertiary/aromatic N) is 2. The van der Waals surface area contributed by atoms with Crippen molar-refractivity contribution in [1.82, 2.24) is 9.88 Å². The van der Waals surface area contributed by atoms with E-state index in [9.17, 15) is 4.79 Å². The third kappa shape index (κ3) is 3.43. The zero-order chi connectivity index (χ0) is 14.7. The van der Waals surface area contributed by atoms with Crippen LogP contribution in [0.5, 0.6) is 0 Å². The number of fused-ring (bicyclic) bond motifs is 2. The number of esters is 1. The van der Waals surface area contributed by atoms with Gasteiger partial charge in [0, 0.05) is 37.4 Å². The van der Waals surface area contributed by atoms with Gasteiger partial charge in [0.25, 0.3) is 0 Å². The molecule has 1 aromatic rings. The molecule has 21 heavy (non-hydrogen) atoms. The number of carbonyl (C=O) groups excluding carboxylic acids is 1. The van der Waals surface area contributed by atoms with Crippen LogP contribution >= 0.6 is 0 Å². The molecule has 2 unspecified atom stereocenters. The summed E-state index contributed by atoms with van der Waals surface area (Å²) >= 11 is 0. The van der Waals surface area contributed by atoms with Gasteiger partial charge in [0.05, 0.1) is 6.61 Å². The summed E-state index contributed by atoms with van der Waals surface area (Å²) in [6.07, 6.45) is 9.16. The average Bonchev–Trinajstić information content (AvgIpc) is 2.71. The minimum atomic E-state index is -0.0236. The van der Waals surface area contributed by atoms with Gasteiger partial charge in [0.2, 0.25) is 0 Å². The van der Waals surface area contributed by atoms with Crippen LogP contribution < -0.4 is 0 Å². The Hall–Kier alpha value is -1.42. The molecule has 2 aliphatic heterocycles. The van der Waals surface area contributed by atoms with E-state index in [-0.39, 0.29) is 5.97 Å². The molecular weight excluding hydrogens is 264 g/mol. The van der Waals surface area contributed by atoms with E-state index >= 15 is 0 Å². The Morgan fingerprint density at radius 3 is 2.57 bits per heavy atom. The Morgan fingerprint density at radius 2 is 1.95 bits per heavy atom. The van der Waals surface area contributed by atoms with Crippen LogP contribution in [0.3, 0.4) is 0 Å². The van der Waals surface area contributed by atoms with Gasteiger partial charge in [0.1, 0.15) is 0 Å². The normalized spacial score (nSPS) is 28.5. The van der Waals surface area contributed by atoms with Crippen LogP contribution in [0.25, 0.3) is 0 Å². The maximum absolute atomic E-state index is 11.7. The second-order valence-corrected chi connectivity index (χ2v) is 6.26. The standard InChI is InChI=1S/C17H24N2O2/c1-2-21-17(20)11-14-9-15-3-4-16(10-14)19(15)12-13-5-7-18-8-6-13/h5-8,14-16H,2-4,9-12H2,1H3. The monoisotopic (exact) mass is 288 g/mol. The van der Waals surface area contributed by atoms with Crippen molar-refractivity contribution < 1.29 is 9.53 Å². The molecule has 2 bridgehead atoms. The summed E-state index contributed by atoms with van der Waals surface area (Å²) < 4.78 is 5.10. The fourth-order valence-electron chi connectivity index (χ4n) is 3.97. The number of hydrogen-bond acceptors (Lipinski definition) is 4. The van der Waals surface area contributed by atoms with Crippen LogP contribution in [0.4, 0.5) is 0 Å². The minimum Gasteiger partial charge on any atom is -0.466 e. The lowest BCUT2D eigenvalue weighted by molar-refractivity contribution is -0.144. The van der Waals surface area contributed by atoms with Crippen LogP contribution in [-0.4, -0.2) is 34.5 Å². The molecule has 2 saturated heterocycles. The number of ether oxygens (including phenoxy) is 1. The van der Waals surface area contributed by atoms with Crippen molar-refractivity contribution in [3.8, 4) is 0 Å². The van der Waals surface area contributed by atoms with E-state index in [0.29, 0.717) is 31.0 Å². The highest BCUT2D eigenvalue weighted by Gasteiger charge is 2.40. The van der Waals surface area contributed by atoms with E-state index in [2.05, 4.69) is 22.0 Å². The molecule has 2 atom stereocenters. The van der Waals surface area contributed by atoms with Crippen LogP contribution in [0.15, 0.2) is 24.5 Å². The van der Waals surface area contributed by atoms with Gasteiger partial charge >= 0.3 is 5.97 Å². The fourth-order valence-corrected chi connectivity index (χ4v) is 3.97. The molecule has 0 aliphatic carbocycles. The Labute approximate surface area is 126 Å². The summed E-state index contributed by atoms with van der Waals surface area (Å²) in [5.74, 6) is 0.486. The van der Waals surface area contributed by atoms with Crippen LogP contribution in [0, 0.1) is 5.92 Å². The second kappa shape index (κ2) is 6.56. The quantitative estimate of drug-likeness (QED) is 0.781.